The van der Waals surface area contributed by atoms with Crippen LogP contribution >= 0.6 is 0 Å². The summed E-state index contributed by atoms with van der Waals surface area (Å²) < 4.78 is 0. The van der Waals surface area contributed by atoms with E-state index in [1.54, 1.807) is 0 Å². The number of nitrogens with two attached hydrogens (primary N) is 2. The molecule has 4 N–H and O–H groups in total. The molecule has 1 aliphatic rings. The minimum atomic E-state index is -0.499. The fourth-order valence-electron chi connectivity index (χ4n) is 2.60. The molecule has 1 amide bonds. The van der Waals surface area contributed by atoms with Crippen LogP contribution in [0.5, 0.6) is 0 Å². The van der Waals surface area contributed by atoms with Crippen molar-refractivity contribution in [3.05, 3.63) is 0 Å². The van der Waals surface area contributed by atoms with Gasteiger partial charge in [0.15, 0.2) is 0 Å². The standard InChI is InChI=1S/C12H25N3O/c1-9-5-3-4-6-11(9)15(2)8-7-10(13)12(14)16/h9-11H,3-8,13H2,1-2H3,(H2,14,16). The molecule has 4 heteroatoms. The van der Waals surface area contributed by atoms with Crippen LogP contribution in [0.15, 0.2) is 0 Å². The Morgan fingerprint density at radius 3 is 2.62 bits per heavy atom. The average Bonchev–Trinajstić information content (AvgIpc) is 2.25. The zero-order valence-electron chi connectivity index (χ0n) is 10.5. The first-order valence-electron chi connectivity index (χ1n) is 6.27. The smallest absolute Gasteiger partial charge is 0.234 e. The molecule has 0 aromatic rings. The molecule has 3 unspecified atom stereocenters. The molecule has 0 heterocycles. The summed E-state index contributed by atoms with van der Waals surface area (Å²) in [5.74, 6) is 0.355. The lowest BCUT2D eigenvalue weighted by atomic mass is 9.85. The highest BCUT2D eigenvalue weighted by molar-refractivity contribution is 5.79. The van der Waals surface area contributed by atoms with E-state index in [0.717, 1.165) is 12.5 Å². The highest BCUT2D eigenvalue weighted by Gasteiger charge is 2.25. The predicted octanol–water partition coefficient (Wildman–Crippen LogP) is 0.700. The fraction of sp³-hybridized carbons (Fsp3) is 0.917. The van der Waals surface area contributed by atoms with Gasteiger partial charge in [0.2, 0.25) is 5.91 Å². The third-order valence-electron chi connectivity index (χ3n) is 3.79. The van der Waals surface area contributed by atoms with Gasteiger partial charge < -0.3 is 16.4 Å². The lowest BCUT2D eigenvalue weighted by Crippen LogP contribution is -2.43. The van der Waals surface area contributed by atoms with Crippen LogP contribution in [0.25, 0.3) is 0 Å². The van der Waals surface area contributed by atoms with E-state index < -0.39 is 11.9 Å². The van der Waals surface area contributed by atoms with Gasteiger partial charge in [0.1, 0.15) is 0 Å². The molecule has 0 aromatic heterocycles. The summed E-state index contributed by atoms with van der Waals surface area (Å²) in [5, 5.41) is 0. The third kappa shape index (κ3) is 3.76. The van der Waals surface area contributed by atoms with E-state index in [1.807, 2.05) is 0 Å². The second-order valence-corrected chi connectivity index (χ2v) is 5.11. The van der Waals surface area contributed by atoms with Crippen molar-refractivity contribution < 1.29 is 4.79 Å². The molecule has 3 atom stereocenters. The molecule has 0 radical (unpaired) electrons. The van der Waals surface area contributed by atoms with Crippen molar-refractivity contribution in [1.29, 1.82) is 0 Å². The highest BCUT2D eigenvalue weighted by Crippen LogP contribution is 2.27. The van der Waals surface area contributed by atoms with Gasteiger partial charge in [-0.15, -0.1) is 0 Å². The first kappa shape index (κ1) is 13.5. The molecule has 0 aliphatic heterocycles. The molecule has 94 valence electrons. The summed E-state index contributed by atoms with van der Waals surface area (Å²) in [4.78, 5) is 13.2. The first-order valence-corrected chi connectivity index (χ1v) is 6.27. The first-order chi connectivity index (χ1) is 7.52. The van der Waals surface area contributed by atoms with Gasteiger partial charge in [0.25, 0.3) is 0 Å². The molecule has 1 rings (SSSR count). The minimum Gasteiger partial charge on any atom is -0.368 e. The Hall–Kier alpha value is -0.610. The molecular weight excluding hydrogens is 202 g/mol. The van der Waals surface area contributed by atoms with E-state index in [1.165, 1.54) is 25.7 Å². The average molecular weight is 227 g/mol. The van der Waals surface area contributed by atoms with Crippen molar-refractivity contribution in [1.82, 2.24) is 4.90 Å². The molecule has 0 spiro atoms. The fourth-order valence-corrected chi connectivity index (χ4v) is 2.60. The lowest BCUT2D eigenvalue weighted by molar-refractivity contribution is -0.119. The number of carbonyl (C=O) groups excluding carboxylic acids is 1. The van der Waals surface area contributed by atoms with E-state index >= 15 is 0 Å². The second kappa shape index (κ2) is 6.21. The minimum absolute atomic E-state index is 0.398. The van der Waals surface area contributed by atoms with Crippen molar-refractivity contribution in [3.63, 3.8) is 0 Å². The number of primary amides is 1. The van der Waals surface area contributed by atoms with Gasteiger partial charge in [0, 0.05) is 12.6 Å². The summed E-state index contributed by atoms with van der Waals surface area (Å²) >= 11 is 0. The number of hydrogen-bond acceptors (Lipinski definition) is 3. The molecular formula is C12H25N3O. The van der Waals surface area contributed by atoms with Crippen molar-refractivity contribution in [2.45, 2.75) is 51.1 Å². The van der Waals surface area contributed by atoms with E-state index in [2.05, 4.69) is 18.9 Å². The van der Waals surface area contributed by atoms with Crippen LogP contribution in [-0.2, 0) is 4.79 Å². The Morgan fingerprint density at radius 1 is 1.44 bits per heavy atom. The van der Waals surface area contributed by atoms with Crippen LogP contribution in [0, 0.1) is 5.92 Å². The number of amides is 1. The van der Waals surface area contributed by atoms with Crippen molar-refractivity contribution in [2.24, 2.45) is 17.4 Å². The Morgan fingerprint density at radius 2 is 2.06 bits per heavy atom. The maximum Gasteiger partial charge on any atom is 0.234 e. The van der Waals surface area contributed by atoms with Crippen LogP contribution in [0.2, 0.25) is 0 Å². The zero-order valence-corrected chi connectivity index (χ0v) is 10.5. The quantitative estimate of drug-likeness (QED) is 0.726. The summed E-state index contributed by atoms with van der Waals surface area (Å²) in [7, 11) is 2.13. The molecule has 16 heavy (non-hydrogen) atoms. The van der Waals surface area contributed by atoms with Gasteiger partial charge in [-0.1, -0.05) is 19.8 Å². The monoisotopic (exact) mass is 227 g/mol. The summed E-state index contributed by atoms with van der Waals surface area (Å²) in [6.45, 7) is 3.17. The molecule has 0 saturated heterocycles. The Labute approximate surface area is 98.3 Å². The van der Waals surface area contributed by atoms with Crippen molar-refractivity contribution >= 4 is 5.91 Å². The highest BCUT2D eigenvalue weighted by atomic mass is 16.1. The zero-order chi connectivity index (χ0) is 12.1. The van der Waals surface area contributed by atoms with E-state index in [9.17, 15) is 4.79 Å². The Balaban J connectivity index is 2.33. The van der Waals surface area contributed by atoms with E-state index in [0.29, 0.717) is 12.5 Å². The molecule has 1 saturated carbocycles. The van der Waals surface area contributed by atoms with Crippen molar-refractivity contribution in [2.75, 3.05) is 13.6 Å². The van der Waals surface area contributed by atoms with Gasteiger partial charge in [-0.2, -0.15) is 0 Å². The molecule has 0 aromatic carbocycles. The van der Waals surface area contributed by atoms with Crippen LogP contribution in [0.3, 0.4) is 0 Å². The van der Waals surface area contributed by atoms with Crippen LogP contribution in [0.1, 0.15) is 39.0 Å². The SMILES string of the molecule is CC1CCCCC1N(C)CCC(N)C(N)=O. The van der Waals surface area contributed by atoms with Gasteiger partial charge in [-0.25, -0.2) is 0 Å². The lowest BCUT2D eigenvalue weighted by Gasteiger charge is -2.36. The summed E-state index contributed by atoms with van der Waals surface area (Å²) in [6.07, 6.45) is 5.92. The maximum absolute atomic E-state index is 10.8. The molecule has 1 fully saturated rings. The van der Waals surface area contributed by atoms with Crippen LogP contribution < -0.4 is 11.5 Å². The Kier molecular flexibility index (Phi) is 5.22. The molecule has 1 aliphatic carbocycles. The van der Waals surface area contributed by atoms with Gasteiger partial charge in [0.05, 0.1) is 6.04 Å². The Bertz CT molecular complexity index is 232. The van der Waals surface area contributed by atoms with Gasteiger partial charge >= 0.3 is 0 Å². The topological polar surface area (TPSA) is 72.3 Å². The van der Waals surface area contributed by atoms with Crippen LogP contribution in [-0.4, -0.2) is 36.5 Å². The number of hydrogen-bond donors (Lipinski definition) is 2. The van der Waals surface area contributed by atoms with E-state index in [4.69, 9.17) is 11.5 Å². The van der Waals surface area contributed by atoms with E-state index in [-0.39, 0.29) is 0 Å². The third-order valence-corrected chi connectivity index (χ3v) is 3.79. The normalized spacial score (nSPS) is 28.0. The van der Waals surface area contributed by atoms with Crippen molar-refractivity contribution in [3.8, 4) is 0 Å². The summed E-state index contributed by atoms with van der Waals surface area (Å²) in [5.41, 5.74) is 10.8. The number of rotatable bonds is 5. The number of carbonyl (C=O) groups is 1. The largest absolute Gasteiger partial charge is 0.368 e. The van der Waals surface area contributed by atoms with Gasteiger partial charge in [-0.05, 0) is 32.2 Å². The predicted molar refractivity (Wildman–Crippen MR) is 65.8 cm³/mol. The second-order valence-electron chi connectivity index (χ2n) is 5.11. The summed E-state index contributed by atoms with van der Waals surface area (Å²) in [6, 6.07) is 0.148. The maximum atomic E-state index is 10.8. The number of nitrogens with zero attached hydrogens (tertiary/aromatic N) is 1. The van der Waals surface area contributed by atoms with Gasteiger partial charge in [-0.3, -0.25) is 4.79 Å². The molecule has 4 nitrogen and oxygen atoms in total. The molecule has 0 bridgehead atoms. The van der Waals surface area contributed by atoms with Crippen LogP contribution in [0.4, 0.5) is 0 Å².